The van der Waals surface area contributed by atoms with E-state index in [2.05, 4.69) is 13.8 Å². The van der Waals surface area contributed by atoms with Gasteiger partial charge < -0.3 is 30.6 Å². The summed E-state index contributed by atoms with van der Waals surface area (Å²) in [4.78, 5) is 0. The number of hydrogen-bond donors (Lipinski definition) is 6. The van der Waals surface area contributed by atoms with E-state index in [4.69, 9.17) is 0 Å². The summed E-state index contributed by atoms with van der Waals surface area (Å²) >= 11 is 0. The maximum atomic E-state index is 10.3. The van der Waals surface area contributed by atoms with Crippen LogP contribution in [0, 0.1) is 5.92 Å². The molecule has 0 radical (unpaired) electrons. The molecule has 0 aliphatic rings. The minimum absolute atomic E-state index is 0.310. The second kappa shape index (κ2) is 7.23. The third-order valence-electron chi connectivity index (χ3n) is 4.52. The highest BCUT2D eigenvalue weighted by Gasteiger charge is 2.17. The number of aromatic hydroxyl groups is 6. The van der Waals surface area contributed by atoms with Crippen molar-refractivity contribution in [3.63, 3.8) is 0 Å². The Balaban J connectivity index is 2.24. The van der Waals surface area contributed by atoms with Gasteiger partial charge in [-0.05, 0) is 59.4 Å². The lowest BCUT2D eigenvalue weighted by atomic mass is 9.92. The van der Waals surface area contributed by atoms with Gasteiger partial charge in [0.2, 0.25) is 11.5 Å². The fraction of sp³-hybridized carbons (Fsp3) is 0.182. The number of benzene rings is 3. The normalized spacial score (nSPS) is 11.1. The highest BCUT2D eigenvalue weighted by Crippen LogP contribution is 2.46. The molecule has 0 aromatic heterocycles. The molecule has 28 heavy (non-hydrogen) atoms. The average molecular weight is 382 g/mol. The first-order valence-corrected chi connectivity index (χ1v) is 8.81. The minimum Gasteiger partial charge on any atom is -0.504 e. The molecule has 0 bridgehead atoms. The minimum atomic E-state index is -0.613. The van der Waals surface area contributed by atoms with Gasteiger partial charge in [-0.15, -0.1) is 0 Å². The molecule has 6 N–H and O–H groups in total. The molecular weight excluding hydrogens is 360 g/mol. The van der Waals surface area contributed by atoms with Crippen molar-refractivity contribution < 1.29 is 30.6 Å². The summed E-state index contributed by atoms with van der Waals surface area (Å²) in [6, 6.07) is 10.9. The second-order valence-corrected chi connectivity index (χ2v) is 7.18. The Morgan fingerprint density at radius 2 is 1.04 bits per heavy atom. The van der Waals surface area contributed by atoms with E-state index >= 15 is 0 Å². The summed E-state index contributed by atoms with van der Waals surface area (Å²) in [7, 11) is 0. The van der Waals surface area contributed by atoms with Gasteiger partial charge >= 0.3 is 0 Å². The quantitative estimate of drug-likeness (QED) is 0.371. The molecule has 0 amide bonds. The molecule has 0 fully saturated rings. The van der Waals surface area contributed by atoms with Crippen molar-refractivity contribution in [3.8, 4) is 56.8 Å². The predicted octanol–water partition coefficient (Wildman–Crippen LogP) is 4.45. The molecule has 0 aliphatic carbocycles. The molecule has 3 rings (SSSR count). The molecule has 3 aromatic rings. The first-order valence-electron chi connectivity index (χ1n) is 8.81. The van der Waals surface area contributed by atoms with Crippen molar-refractivity contribution in [1.29, 1.82) is 0 Å². The maximum absolute atomic E-state index is 10.3. The van der Waals surface area contributed by atoms with Crippen LogP contribution in [0.5, 0.6) is 34.5 Å². The fourth-order valence-electron chi connectivity index (χ4n) is 3.20. The van der Waals surface area contributed by atoms with E-state index in [1.807, 2.05) is 12.1 Å². The third kappa shape index (κ3) is 3.49. The van der Waals surface area contributed by atoms with Crippen LogP contribution in [0.3, 0.4) is 0 Å². The van der Waals surface area contributed by atoms with Crippen LogP contribution in [-0.2, 0) is 6.42 Å². The Morgan fingerprint density at radius 1 is 0.607 bits per heavy atom. The van der Waals surface area contributed by atoms with Gasteiger partial charge in [-0.3, -0.25) is 0 Å². The van der Waals surface area contributed by atoms with E-state index in [1.54, 1.807) is 6.07 Å². The highest BCUT2D eigenvalue weighted by atomic mass is 16.3. The number of phenols is 6. The van der Waals surface area contributed by atoms with Crippen LogP contribution in [0.4, 0.5) is 0 Å². The SMILES string of the molecule is CC(C)Cc1cc(-c2ccc(O)c(O)c2O)cc(-c2ccc(O)c(O)c2O)c1. The molecule has 6 heteroatoms. The molecule has 0 spiro atoms. The fourth-order valence-corrected chi connectivity index (χ4v) is 3.20. The van der Waals surface area contributed by atoms with Crippen LogP contribution in [0.25, 0.3) is 22.3 Å². The lowest BCUT2D eigenvalue weighted by Crippen LogP contribution is -1.96. The predicted molar refractivity (Wildman–Crippen MR) is 106 cm³/mol. The van der Waals surface area contributed by atoms with Crippen LogP contribution in [0.2, 0.25) is 0 Å². The monoisotopic (exact) mass is 382 g/mol. The van der Waals surface area contributed by atoms with Crippen molar-refractivity contribution >= 4 is 0 Å². The third-order valence-corrected chi connectivity index (χ3v) is 4.52. The van der Waals surface area contributed by atoms with Gasteiger partial charge in [-0.1, -0.05) is 26.0 Å². The van der Waals surface area contributed by atoms with Gasteiger partial charge in [0.05, 0.1) is 0 Å². The van der Waals surface area contributed by atoms with E-state index in [9.17, 15) is 30.6 Å². The van der Waals surface area contributed by atoms with Gasteiger partial charge in [0, 0.05) is 11.1 Å². The Hall–Kier alpha value is -3.54. The van der Waals surface area contributed by atoms with E-state index in [-0.39, 0.29) is 0 Å². The van der Waals surface area contributed by atoms with E-state index in [0.717, 1.165) is 12.0 Å². The Morgan fingerprint density at radius 3 is 1.43 bits per heavy atom. The zero-order valence-electron chi connectivity index (χ0n) is 15.5. The summed E-state index contributed by atoms with van der Waals surface area (Å²) in [5.74, 6) is -2.65. The van der Waals surface area contributed by atoms with Gasteiger partial charge in [0.1, 0.15) is 0 Å². The van der Waals surface area contributed by atoms with E-state index in [0.29, 0.717) is 28.2 Å². The first kappa shape index (κ1) is 19.2. The molecule has 146 valence electrons. The summed E-state index contributed by atoms with van der Waals surface area (Å²) < 4.78 is 0. The molecule has 0 heterocycles. The Labute approximate surface area is 162 Å². The van der Waals surface area contributed by atoms with Gasteiger partial charge in [0.25, 0.3) is 0 Å². The lowest BCUT2D eigenvalue weighted by molar-refractivity contribution is 0.369. The standard InChI is InChI=1S/C22H22O6/c1-11(2)7-12-8-13(15-3-5-17(23)21(27)19(15)25)10-14(9-12)16-4-6-18(24)22(28)20(16)26/h3-6,8-11,23-28H,7H2,1-2H3. The Kier molecular flexibility index (Phi) is 4.96. The summed E-state index contributed by atoms with van der Waals surface area (Å²) in [5, 5.41) is 59.4. The van der Waals surface area contributed by atoms with E-state index < -0.39 is 34.5 Å². The van der Waals surface area contributed by atoms with Crippen LogP contribution in [-0.4, -0.2) is 30.6 Å². The van der Waals surface area contributed by atoms with Gasteiger partial charge in [-0.25, -0.2) is 0 Å². The largest absolute Gasteiger partial charge is 0.504 e. The number of hydrogen-bond acceptors (Lipinski definition) is 6. The Bertz CT molecular complexity index is 964. The van der Waals surface area contributed by atoms with Gasteiger partial charge in [0.15, 0.2) is 23.0 Å². The molecule has 0 unspecified atom stereocenters. The van der Waals surface area contributed by atoms with Crippen molar-refractivity contribution in [3.05, 3.63) is 48.0 Å². The summed E-state index contributed by atoms with van der Waals surface area (Å²) in [6.45, 7) is 4.11. The van der Waals surface area contributed by atoms with E-state index in [1.165, 1.54) is 24.3 Å². The molecule has 0 atom stereocenters. The van der Waals surface area contributed by atoms with Crippen LogP contribution < -0.4 is 0 Å². The zero-order chi connectivity index (χ0) is 20.6. The van der Waals surface area contributed by atoms with Crippen LogP contribution in [0.15, 0.2) is 42.5 Å². The van der Waals surface area contributed by atoms with Crippen molar-refractivity contribution in [2.24, 2.45) is 5.92 Å². The van der Waals surface area contributed by atoms with Gasteiger partial charge in [-0.2, -0.15) is 0 Å². The van der Waals surface area contributed by atoms with Crippen molar-refractivity contribution in [2.75, 3.05) is 0 Å². The van der Waals surface area contributed by atoms with Crippen LogP contribution in [0.1, 0.15) is 19.4 Å². The summed E-state index contributed by atoms with van der Waals surface area (Å²) in [6.07, 6.45) is 0.719. The maximum Gasteiger partial charge on any atom is 0.200 e. The highest BCUT2D eigenvalue weighted by molar-refractivity contribution is 5.82. The summed E-state index contributed by atoms with van der Waals surface area (Å²) in [5.41, 5.74) is 2.66. The molecule has 3 aromatic carbocycles. The smallest absolute Gasteiger partial charge is 0.200 e. The molecule has 6 nitrogen and oxygen atoms in total. The molecular formula is C22H22O6. The van der Waals surface area contributed by atoms with Crippen molar-refractivity contribution in [1.82, 2.24) is 0 Å². The first-order chi connectivity index (χ1) is 13.2. The lowest BCUT2D eigenvalue weighted by Gasteiger charge is -2.15. The molecule has 0 saturated carbocycles. The topological polar surface area (TPSA) is 121 Å². The van der Waals surface area contributed by atoms with Crippen LogP contribution >= 0.6 is 0 Å². The number of phenolic OH excluding ortho intramolecular Hbond substituents is 6. The molecule has 0 saturated heterocycles. The number of rotatable bonds is 4. The average Bonchev–Trinajstić information content (AvgIpc) is 2.63. The zero-order valence-corrected chi connectivity index (χ0v) is 15.5. The van der Waals surface area contributed by atoms with Crippen molar-refractivity contribution in [2.45, 2.75) is 20.3 Å². The molecule has 0 aliphatic heterocycles. The second-order valence-electron chi connectivity index (χ2n) is 7.18.